The second-order valence-corrected chi connectivity index (χ2v) is 10.2. The summed E-state index contributed by atoms with van der Waals surface area (Å²) in [5.41, 5.74) is 1.89. The molecule has 0 radical (unpaired) electrons. The van der Waals surface area contributed by atoms with Crippen molar-refractivity contribution >= 4 is 11.8 Å². The smallest absolute Gasteiger partial charge is 0.305 e. The lowest BCUT2D eigenvalue weighted by Crippen LogP contribution is -2.30. The molecule has 35 heavy (non-hydrogen) atoms. The van der Waals surface area contributed by atoms with Crippen LogP contribution in [0.2, 0.25) is 0 Å². The molecule has 1 unspecified atom stereocenters. The molecule has 1 atom stereocenters. The molecule has 1 aromatic carbocycles. The lowest BCUT2D eigenvalue weighted by Gasteiger charge is -2.29. The van der Waals surface area contributed by atoms with Gasteiger partial charge in [0.25, 0.3) is 0 Å². The number of aromatic nitrogens is 4. The van der Waals surface area contributed by atoms with Crippen LogP contribution in [0.15, 0.2) is 47.8 Å². The Morgan fingerprint density at radius 3 is 2.66 bits per heavy atom. The molecular weight excluding hydrogens is 471 g/mol. The number of rotatable bonds is 7. The van der Waals surface area contributed by atoms with Crippen molar-refractivity contribution in [2.45, 2.75) is 56.3 Å². The average molecular weight is 504 g/mol. The Kier molecular flexibility index (Phi) is 8.49. The zero-order valence-corrected chi connectivity index (χ0v) is 21.1. The number of aryl methyl sites for hydroxylation is 1. The maximum Gasteiger partial charge on any atom is 0.416 e. The fourth-order valence-corrected chi connectivity index (χ4v) is 5.65. The monoisotopic (exact) mass is 503 g/mol. The van der Waals surface area contributed by atoms with Crippen molar-refractivity contribution in [3.63, 3.8) is 0 Å². The van der Waals surface area contributed by atoms with Gasteiger partial charge >= 0.3 is 6.18 Å². The van der Waals surface area contributed by atoms with Gasteiger partial charge in [-0.3, -0.25) is 4.98 Å². The van der Waals surface area contributed by atoms with Crippen LogP contribution in [0.3, 0.4) is 0 Å². The molecule has 2 aromatic heterocycles. The highest BCUT2D eigenvalue weighted by molar-refractivity contribution is 7.99. The van der Waals surface area contributed by atoms with Gasteiger partial charge < -0.3 is 9.47 Å². The van der Waals surface area contributed by atoms with Gasteiger partial charge in [0, 0.05) is 30.3 Å². The van der Waals surface area contributed by atoms with Crippen molar-refractivity contribution in [1.29, 1.82) is 0 Å². The van der Waals surface area contributed by atoms with Gasteiger partial charge in [-0.25, -0.2) is 0 Å². The van der Waals surface area contributed by atoms with Crippen molar-refractivity contribution in [2.24, 2.45) is 7.05 Å². The van der Waals surface area contributed by atoms with E-state index in [2.05, 4.69) is 20.1 Å². The van der Waals surface area contributed by atoms with Crippen LogP contribution in [0.1, 0.15) is 54.8 Å². The molecule has 0 amide bonds. The Labute approximate surface area is 209 Å². The predicted molar refractivity (Wildman–Crippen MR) is 133 cm³/mol. The minimum atomic E-state index is -4.30. The minimum absolute atomic E-state index is 0.0435. The molecule has 0 bridgehead atoms. The Hall–Kier alpha value is -2.39. The highest BCUT2D eigenvalue weighted by atomic mass is 32.2. The van der Waals surface area contributed by atoms with E-state index >= 15 is 0 Å². The van der Waals surface area contributed by atoms with Gasteiger partial charge in [0.15, 0.2) is 11.0 Å². The molecule has 0 N–H and O–H groups in total. The largest absolute Gasteiger partial charge is 0.416 e. The number of thioether (sulfide) groups is 1. The van der Waals surface area contributed by atoms with E-state index in [1.165, 1.54) is 12.1 Å². The second kappa shape index (κ2) is 11.6. The van der Waals surface area contributed by atoms with Crippen molar-refractivity contribution in [2.75, 3.05) is 25.4 Å². The third kappa shape index (κ3) is 6.44. The number of hydrogen-bond acceptors (Lipinski definition) is 5. The van der Waals surface area contributed by atoms with Crippen LogP contribution >= 0.6 is 11.8 Å². The van der Waals surface area contributed by atoms with E-state index in [1.807, 2.05) is 30.7 Å². The fourth-order valence-electron chi connectivity index (χ4n) is 4.81. The number of hydrogen-bond donors (Lipinski definition) is 0. The third-order valence-corrected chi connectivity index (χ3v) is 7.82. The second-order valence-electron chi connectivity index (χ2n) is 9.11. The summed E-state index contributed by atoms with van der Waals surface area (Å²) in [4.78, 5) is 6.75. The molecule has 188 valence electrons. The fraction of sp³-hybridized carbons (Fsp3) is 0.500. The Bertz CT molecular complexity index is 1110. The number of alkyl halides is 3. The molecule has 9 heteroatoms. The summed E-state index contributed by atoms with van der Waals surface area (Å²) in [6.45, 7) is 4.74. The standard InChI is InChI=1S/C26H32F3N5S/c1-19-21(11-7-14-30-19)24-31-32-25(33(24)2)35-18-8-16-34-15-6-5-9-20(13-17-34)22-10-3-4-12-23(22)26(27,28)29/h3-4,7,10-12,14,20H,5-6,8-9,13,15-18H2,1-2H3. The van der Waals surface area contributed by atoms with E-state index in [1.54, 1.807) is 30.1 Å². The number of halogens is 3. The molecule has 1 aliphatic heterocycles. The van der Waals surface area contributed by atoms with Gasteiger partial charge in [-0.1, -0.05) is 36.4 Å². The maximum absolute atomic E-state index is 13.5. The Morgan fingerprint density at radius 2 is 1.86 bits per heavy atom. The zero-order chi connectivity index (χ0) is 24.8. The minimum Gasteiger partial charge on any atom is -0.305 e. The van der Waals surface area contributed by atoms with Gasteiger partial charge in [0.2, 0.25) is 0 Å². The highest BCUT2D eigenvalue weighted by Crippen LogP contribution is 2.38. The first-order chi connectivity index (χ1) is 16.8. The van der Waals surface area contributed by atoms with E-state index in [0.717, 1.165) is 79.7 Å². The first kappa shape index (κ1) is 25.7. The molecule has 1 aliphatic rings. The number of nitrogens with zero attached hydrogens (tertiary/aromatic N) is 5. The van der Waals surface area contributed by atoms with Crippen molar-refractivity contribution in [3.05, 3.63) is 59.4 Å². The SMILES string of the molecule is Cc1ncccc1-c1nnc(SCCCN2CCCCC(c3ccccc3C(F)(F)F)CC2)n1C. The summed E-state index contributed by atoms with van der Waals surface area (Å²) in [5, 5.41) is 9.60. The summed E-state index contributed by atoms with van der Waals surface area (Å²) >= 11 is 1.69. The summed E-state index contributed by atoms with van der Waals surface area (Å²) in [5.74, 6) is 1.68. The topological polar surface area (TPSA) is 46.8 Å². The van der Waals surface area contributed by atoms with Crippen molar-refractivity contribution in [3.8, 4) is 11.4 Å². The predicted octanol–water partition coefficient (Wildman–Crippen LogP) is 6.35. The van der Waals surface area contributed by atoms with E-state index < -0.39 is 11.7 Å². The summed E-state index contributed by atoms with van der Waals surface area (Å²) < 4.78 is 42.6. The van der Waals surface area contributed by atoms with E-state index in [0.29, 0.717) is 5.56 Å². The Morgan fingerprint density at radius 1 is 1.03 bits per heavy atom. The van der Waals surface area contributed by atoms with Crippen LogP contribution in [-0.4, -0.2) is 50.0 Å². The van der Waals surface area contributed by atoms with Gasteiger partial charge in [0.05, 0.1) is 5.56 Å². The summed E-state index contributed by atoms with van der Waals surface area (Å²) in [7, 11) is 1.97. The number of benzene rings is 1. The molecule has 1 fully saturated rings. The van der Waals surface area contributed by atoms with Crippen LogP contribution in [0.4, 0.5) is 13.2 Å². The van der Waals surface area contributed by atoms with Crippen LogP contribution in [0, 0.1) is 6.92 Å². The number of likely N-dealkylation sites (tertiary alicyclic amines) is 1. The van der Waals surface area contributed by atoms with E-state index in [9.17, 15) is 13.2 Å². The normalized spacial score (nSPS) is 17.8. The quantitative estimate of drug-likeness (QED) is 0.278. The van der Waals surface area contributed by atoms with E-state index in [4.69, 9.17) is 0 Å². The summed E-state index contributed by atoms with van der Waals surface area (Å²) in [6, 6.07) is 10.0. The molecule has 5 nitrogen and oxygen atoms in total. The van der Waals surface area contributed by atoms with Gasteiger partial charge in [0.1, 0.15) is 0 Å². The number of pyridine rings is 1. The van der Waals surface area contributed by atoms with Crippen LogP contribution in [0.5, 0.6) is 0 Å². The molecule has 0 saturated carbocycles. The van der Waals surface area contributed by atoms with Gasteiger partial charge in [-0.05, 0) is 81.9 Å². The first-order valence-corrected chi connectivity index (χ1v) is 13.2. The third-order valence-electron chi connectivity index (χ3n) is 6.71. The maximum atomic E-state index is 13.5. The first-order valence-electron chi connectivity index (χ1n) is 12.2. The van der Waals surface area contributed by atoms with Crippen LogP contribution in [0.25, 0.3) is 11.4 Å². The lowest BCUT2D eigenvalue weighted by atomic mass is 9.86. The zero-order valence-electron chi connectivity index (χ0n) is 20.3. The van der Waals surface area contributed by atoms with Crippen LogP contribution in [-0.2, 0) is 13.2 Å². The molecule has 3 aromatic rings. The van der Waals surface area contributed by atoms with Crippen molar-refractivity contribution < 1.29 is 13.2 Å². The molecule has 0 spiro atoms. The Balaban J connectivity index is 1.30. The lowest BCUT2D eigenvalue weighted by molar-refractivity contribution is -0.138. The molecule has 1 saturated heterocycles. The molecule has 3 heterocycles. The summed E-state index contributed by atoms with van der Waals surface area (Å²) in [6.07, 6.45) is 2.02. The molecule has 4 rings (SSSR count). The van der Waals surface area contributed by atoms with Crippen molar-refractivity contribution in [1.82, 2.24) is 24.6 Å². The van der Waals surface area contributed by atoms with Crippen LogP contribution < -0.4 is 0 Å². The molecular formula is C26H32F3N5S. The van der Waals surface area contributed by atoms with Gasteiger partial charge in [-0.2, -0.15) is 13.2 Å². The molecule has 0 aliphatic carbocycles. The van der Waals surface area contributed by atoms with E-state index in [-0.39, 0.29) is 5.92 Å². The van der Waals surface area contributed by atoms with Gasteiger partial charge in [-0.15, -0.1) is 10.2 Å². The average Bonchev–Trinajstić information content (AvgIpc) is 3.18. The highest BCUT2D eigenvalue weighted by Gasteiger charge is 2.35.